The molecular formula is C6H14Cl3NO3. The Hall–Kier alpha value is 0.260. The number of esters is 1. The highest BCUT2D eigenvalue weighted by Crippen LogP contribution is 2.23. The Labute approximate surface area is 92.7 Å². The van der Waals surface area contributed by atoms with E-state index in [1.807, 2.05) is 0 Å². The average Bonchev–Trinajstić information content (AvgIpc) is 1.87. The fraction of sp³-hybridized carbons (Fsp3) is 0.833. The van der Waals surface area contributed by atoms with Crippen LogP contribution >= 0.6 is 34.8 Å². The van der Waals surface area contributed by atoms with Gasteiger partial charge in [0.25, 0.3) is 0 Å². The molecule has 13 heavy (non-hydrogen) atoms. The second-order valence-corrected chi connectivity index (χ2v) is 4.21. The van der Waals surface area contributed by atoms with Crippen LogP contribution in [0.4, 0.5) is 0 Å². The molecule has 0 aromatic rings. The van der Waals surface area contributed by atoms with Crippen molar-refractivity contribution in [2.75, 3.05) is 13.2 Å². The van der Waals surface area contributed by atoms with E-state index in [2.05, 4.69) is 4.74 Å². The molecular weight excluding hydrogens is 240 g/mol. The van der Waals surface area contributed by atoms with Crippen LogP contribution < -0.4 is 6.15 Å². The van der Waals surface area contributed by atoms with Gasteiger partial charge in [-0.05, 0) is 6.92 Å². The Morgan fingerprint density at radius 2 is 1.77 bits per heavy atom. The zero-order chi connectivity index (χ0) is 10.2. The van der Waals surface area contributed by atoms with Gasteiger partial charge in [0, 0.05) is 6.92 Å². The largest absolute Gasteiger partial charge is 0.466 e. The van der Waals surface area contributed by atoms with Gasteiger partial charge in [0.05, 0.1) is 13.2 Å². The molecule has 0 rings (SSSR count). The van der Waals surface area contributed by atoms with E-state index in [0.717, 1.165) is 0 Å². The number of ether oxygens (including phenoxy) is 1. The molecule has 0 aliphatic rings. The lowest BCUT2D eigenvalue weighted by Crippen LogP contribution is -2.06. The van der Waals surface area contributed by atoms with Crippen molar-refractivity contribution in [3.8, 4) is 0 Å². The molecule has 0 aromatic carbocycles. The van der Waals surface area contributed by atoms with Crippen molar-refractivity contribution in [3.05, 3.63) is 0 Å². The molecule has 0 radical (unpaired) electrons. The SMILES string of the molecule is CCOC(C)=O.N.OCC(Cl)(Cl)Cl. The summed E-state index contributed by atoms with van der Waals surface area (Å²) in [5.74, 6) is -0.211. The number of rotatable bonds is 1. The van der Waals surface area contributed by atoms with Crippen molar-refractivity contribution in [1.29, 1.82) is 0 Å². The molecule has 0 spiro atoms. The predicted octanol–water partition coefficient (Wildman–Crippen LogP) is 2.08. The molecule has 0 aromatic heterocycles. The molecule has 0 aliphatic carbocycles. The highest BCUT2D eigenvalue weighted by atomic mass is 35.6. The number of hydrogen-bond donors (Lipinski definition) is 2. The van der Waals surface area contributed by atoms with E-state index in [4.69, 9.17) is 39.9 Å². The topological polar surface area (TPSA) is 81.5 Å². The summed E-state index contributed by atoms with van der Waals surface area (Å²) in [4.78, 5) is 9.82. The van der Waals surface area contributed by atoms with Crippen LogP contribution in [0.15, 0.2) is 0 Å². The minimum Gasteiger partial charge on any atom is -0.466 e. The van der Waals surface area contributed by atoms with Crippen molar-refractivity contribution in [2.45, 2.75) is 17.6 Å². The maximum Gasteiger partial charge on any atom is 0.302 e. The van der Waals surface area contributed by atoms with Crippen molar-refractivity contribution in [1.82, 2.24) is 6.15 Å². The maximum absolute atomic E-state index is 9.82. The highest BCUT2D eigenvalue weighted by Gasteiger charge is 2.16. The fourth-order valence-corrected chi connectivity index (χ4v) is 0.203. The monoisotopic (exact) mass is 253 g/mol. The van der Waals surface area contributed by atoms with Gasteiger partial charge in [-0.3, -0.25) is 4.79 Å². The van der Waals surface area contributed by atoms with Gasteiger partial charge in [0.15, 0.2) is 0 Å². The van der Waals surface area contributed by atoms with Gasteiger partial charge in [0.1, 0.15) is 0 Å². The number of halogens is 3. The zero-order valence-electron chi connectivity index (χ0n) is 7.52. The summed E-state index contributed by atoms with van der Waals surface area (Å²) in [6.45, 7) is 3.22. The van der Waals surface area contributed by atoms with Gasteiger partial charge in [0.2, 0.25) is 3.79 Å². The second kappa shape index (κ2) is 10.3. The van der Waals surface area contributed by atoms with Crippen molar-refractivity contribution < 1.29 is 14.6 Å². The molecule has 4 N–H and O–H groups in total. The summed E-state index contributed by atoms with van der Waals surface area (Å²) in [6.07, 6.45) is 0. The first-order chi connectivity index (χ1) is 5.33. The molecule has 0 aliphatic heterocycles. The molecule has 0 saturated heterocycles. The summed E-state index contributed by atoms with van der Waals surface area (Å²) < 4.78 is 2.92. The Kier molecular flexibility index (Phi) is 15.1. The molecule has 0 atom stereocenters. The third kappa shape index (κ3) is 32.9. The Balaban J connectivity index is -0.000000143. The molecule has 0 saturated carbocycles. The van der Waals surface area contributed by atoms with Crippen LogP contribution in [0.2, 0.25) is 0 Å². The number of aliphatic hydroxyl groups excluding tert-OH is 1. The summed E-state index contributed by atoms with van der Waals surface area (Å²) in [6, 6.07) is 0. The lowest BCUT2D eigenvalue weighted by molar-refractivity contribution is -0.140. The molecule has 4 nitrogen and oxygen atoms in total. The van der Waals surface area contributed by atoms with Gasteiger partial charge in [-0.15, -0.1) is 0 Å². The van der Waals surface area contributed by atoms with Gasteiger partial charge in [-0.2, -0.15) is 0 Å². The van der Waals surface area contributed by atoms with E-state index in [9.17, 15) is 4.79 Å². The van der Waals surface area contributed by atoms with E-state index in [0.29, 0.717) is 6.61 Å². The molecule has 7 heteroatoms. The van der Waals surface area contributed by atoms with Crippen LogP contribution in [-0.4, -0.2) is 28.1 Å². The third-order valence-electron chi connectivity index (χ3n) is 0.527. The Morgan fingerprint density at radius 1 is 1.46 bits per heavy atom. The van der Waals surface area contributed by atoms with Gasteiger partial charge in [-0.1, -0.05) is 34.8 Å². The smallest absolute Gasteiger partial charge is 0.302 e. The van der Waals surface area contributed by atoms with Crippen LogP contribution in [0.5, 0.6) is 0 Å². The predicted molar refractivity (Wildman–Crippen MR) is 54.7 cm³/mol. The highest BCUT2D eigenvalue weighted by molar-refractivity contribution is 6.67. The summed E-state index contributed by atoms with van der Waals surface area (Å²) in [7, 11) is 0. The first-order valence-electron chi connectivity index (χ1n) is 3.14. The van der Waals surface area contributed by atoms with Crippen LogP contribution in [0.25, 0.3) is 0 Å². The minimum absolute atomic E-state index is 0. The summed E-state index contributed by atoms with van der Waals surface area (Å²) >= 11 is 15.0. The van der Waals surface area contributed by atoms with Crippen LogP contribution in [-0.2, 0) is 9.53 Å². The first-order valence-corrected chi connectivity index (χ1v) is 4.27. The van der Waals surface area contributed by atoms with Crippen molar-refractivity contribution in [2.24, 2.45) is 0 Å². The number of carbonyl (C=O) groups is 1. The second-order valence-electron chi connectivity index (χ2n) is 1.70. The maximum atomic E-state index is 9.82. The molecule has 0 amide bonds. The van der Waals surface area contributed by atoms with E-state index in [1.54, 1.807) is 6.92 Å². The minimum atomic E-state index is -1.49. The standard InChI is InChI=1S/C4H8O2.C2H3Cl3O.H3N/c1-3-6-4(2)5;3-2(4,5)1-6;/h3H2,1-2H3;6H,1H2;1H3. The van der Waals surface area contributed by atoms with Crippen LogP contribution in [0.3, 0.4) is 0 Å². The molecule has 0 unspecified atom stereocenters. The van der Waals surface area contributed by atoms with Gasteiger partial charge >= 0.3 is 5.97 Å². The number of aliphatic hydroxyl groups is 1. The third-order valence-corrected chi connectivity index (χ3v) is 0.885. The molecule has 0 bridgehead atoms. The van der Waals surface area contributed by atoms with Crippen molar-refractivity contribution in [3.63, 3.8) is 0 Å². The zero-order valence-corrected chi connectivity index (χ0v) is 9.79. The number of carbonyl (C=O) groups excluding carboxylic acids is 1. The van der Waals surface area contributed by atoms with E-state index in [1.165, 1.54) is 6.92 Å². The Morgan fingerprint density at radius 3 is 1.77 bits per heavy atom. The van der Waals surface area contributed by atoms with Gasteiger partial charge < -0.3 is 16.0 Å². The lowest BCUT2D eigenvalue weighted by Gasteiger charge is -2.01. The molecule has 0 fully saturated rings. The molecule has 0 heterocycles. The van der Waals surface area contributed by atoms with E-state index >= 15 is 0 Å². The summed E-state index contributed by atoms with van der Waals surface area (Å²) in [5.41, 5.74) is 0. The number of alkyl halides is 3. The van der Waals surface area contributed by atoms with E-state index in [-0.39, 0.29) is 12.1 Å². The van der Waals surface area contributed by atoms with Crippen LogP contribution in [0.1, 0.15) is 13.8 Å². The normalized spacial score (nSPS) is 9.08. The average molecular weight is 255 g/mol. The quantitative estimate of drug-likeness (QED) is 0.554. The summed E-state index contributed by atoms with van der Waals surface area (Å²) in [5, 5.41) is 8.01. The first kappa shape index (κ1) is 18.9. The number of hydrogen-bond acceptors (Lipinski definition) is 4. The van der Waals surface area contributed by atoms with Crippen molar-refractivity contribution >= 4 is 40.8 Å². The lowest BCUT2D eigenvalue weighted by atomic mass is 10.8. The van der Waals surface area contributed by atoms with Crippen LogP contribution in [0, 0.1) is 0 Å². The fourth-order valence-electron chi connectivity index (χ4n) is 0.203. The Bertz CT molecular complexity index is 127. The van der Waals surface area contributed by atoms with E-state index < -0.39 is 10.4 Å². The van der Waals surface area contributed by atoms with Gasteiger partial charge in [-0.25, -0.2) is 0 Å². The molecule has 82 valence electrons.